The van der Waals surface area contributed by atoms with Gasteiger partial charge in [-0.25, -0.2) is 4.39 Å². The molecule has 1 amide bonds. The number of rotatable bonds is 4. The summed E-state index contributed by atoms with van der Waals surface area (Å²) in [5, 5.41) is 6.82. The van der Waals surface area contributed by atoms with Crippen LogP contribution in [0.15, 0.2) is 18.2 Å². The molecule has 0 spiro atoms. The van der Waals surface area contributed by atoms with Crippen molar-refractivity contribution in [1.29, 1.82) is 0 Å². The molecule has 3 rings (SSSR count). The standard InChI is InChI=1S/C16H19FN2O2S.ClH/c1-21-9-11-14-12(17)5-2-6-13(14)22-15(11)16(20)19-10-4-3-7-18-8-10;/h2,5-6,10,18H,3-4,7-9H2,1H3,(H,19,20);1H/t10-;/m0./s1. The van der Waals surface area contributed by atoms with Crippen LogP contribution in [-0.4, -0.2) is 32.1 Å². The van der Waals surface area contributed by atoms with Gasteiger partial charge in [0.15, 0.2) is 0 Å². The average molecular weight is 359 g/mol. The van der Waals surface area contributed by atoms with E-state index in [-0.39, 0.29) is 36.8 Å². The zero-order valence-electron chi connectivity index (χ0n) is 12.9. The molecule has 1 aromatic carbocycles. The van der Waals surface area contributed by atoms with E-state index in [4.69, 9.17) is 4.74 Å². The summed E-state index contributed by atoms with van der Waals surface area (Å²) in [4.78, 5) is 13.1. The highest BCUT2D eigenvalue weighted by Crippen LogP contribution is 2.33. The van der Waals surface area contributed by atoms with Crippen molar-refractivity contribution in [3.63, 3.8) is 0 Å². The van der Waals surface area contributed by atoms with Crippen molar-refractivity contribution in [3.05, 3.63) is 34.5 Å². The number of thiophene rings is 1. The number of hydrogen-bond acceptors (Lipinski definition) is 4. The van der Waals surface area contributed by atoms with E-state index >= 15 is 0 Å². The molecule has 0 aliphatic carbocycles. The molecule has 1 saturated heterocycles. The number of carbonyl (C=O) groups is 1. The maximum Gasteiger partial charge on any atom is 0.262 e. The lowest BCUT2D eigenvalue weighted by molar-refractivity contribution is 0.0930. The van der Waals surface area contributed by atoms with E-state index in [1.54, 1.807) is 13.2 Å². The summed E-state index contributed by atoms with van der Waals surface area (Å²) in [6.45, 7) is 2.01. The van der Waals surface area contributed by atoms with Crippen LogP contribution in [-0.2, 0) is 11.3 Å². The second-order valence-electron chi connectivity index (χ2n) is 5.47. The van der Waals surface area contributed by atoms with Crippen LogP contribution in [0.4, 0.5) is 4.39 Å². The van der Waals surface area contributed by atoms with E-state index < -0.39 is 0 Å². The monoisotopic (exact) mass is 358 g/mol. The molecule has 1 aliphatic heterocycles. The number of ether oxygens (including phenoxy) is 1. The predicted octanol–water partition coefficient (Wildman–Crippen LogP) is 3.09. The summed E-state index contributed by atoms with van der Waals surface area (Å²) in [7, 11) is 1.55. The largest absolute Gasteiger partial charge is 0.380 e. The topological polar surface area (TPSA) is 50.4 Å². The number of hydrogen-bond donors (Lipinski definition) is 2. The zero-order chi connectivity index (χ0) is 15.5. The Kier molecular flexibility index (Phi) is 6.35. The molecule has 2 N–H and O–H groups in total. The SMILES string of the molecule is COCc1c(C(=O)N[C@H]2CCCNC2)sc2cccc(F)c12.Cl. The van der Waals surface area contributed by atoms with Gasteiger partial charge in [0, 0.05) is 35.3 Å². The second kappa shape index (κ2) is 8.06. The first kappa shape index (κ1) is 18.1. The third kappa shape index (κ3) is 3.83. The third-order valence-electron chi connectivity index (χ3n) is 3.89. The number of benzene rings is 1. The molecule has 1 aliphatic rings. The van der Waals surface area contributed by atoms with E-state index in [1.165, 1.54) is 17.4 Å². The number of nitrogens with one attached hydrogen (secondary N) is 2. The van der Waals surface area contributed by atoms with Crippen molar-refractivity contribution in [1.82, 2.24) is 10.6 Å². The Morgan fingerprint density at radius 3 is 3.04 bits per heavy atom. The minimum Gasteiger partial charge on any atom is -0.380 e. The Morgan fingerprint density at radius 1 is 1.52 bits per heavy atom. The first-order valence-electron chi connectivity index (χ1n) is 7.41. The van der Waals surface area contributed by atoms with Crippen LogP contribution in [0.3, 0.4) is 0 Å². The van der Waals surface area contributed by atoms with Crippen LogP contribution in [0.2, 0.25) is 0 Å². The second-order valence-corrected chi connectivity index (χ2v) is 6.52. The lowest BCUT2D eigenvalue weighted by Crippen LogP contribution is -2.45. The molecule has 0 unspecified atom stereocenters. The first-order chi connectivity index (χ1) is 10.7. The molecule has 126 valence electrons. The van der Waals surface area contributed by atoms with Crippen molar-refractivity contribution in [2.24, 2.45) is 0 Å². The fourth-order valence-corrected chi connectivity index (χ4v) is 3.98. The van der Waals surface area contributed by atoms with Gasteiger partial charge in [0.05, 0.1) is 11.5 Å². The molecular formula is C16H20ClFN2O2S. The van der Waals surface area contributed by atoms with Crippen LogP contribution < -0.4 is 10.6 Å². The molecule has 1 atom stereocenters. The maximum absolute atomic E-state index is 14.1. The van der Waals surface area contributed by atoms with Crippen molar-refractivity contribution >= 4 is 39.7 Å². The predicted molar refractivity (Wildman–Crippen MR) is 93.1 cm³/mol. The van der Waals surface area contributed by atoms with E-state index in [1.807, 2.05) is 6.07 Å². The van der Waals surface area contributed by atoms with Crippen LogP contribution in [0.1, 0.15) is 28.1 Å². The number of carbonyl (C=O) groups excluding carboxylic acids is 1. The van der Waals surface area contributed by atoms with Gasteiger partial charge in [-0.2, -0.15) is 0 Å². The molecule has 7 heteroatoms. The maximum atomic E-state index is 14.1. The van der Waals surface area contributed by atoms with Gasteiger partial charge in [-0.1, -0.05) is 6.07 Å². The van der Waals surface area contributed by atoms with Gasteiger partial charge in [0.25, 0.3) is 5.91 Å². The van der Waals surface area contributed by atoms with Gasteiger partial charge < -0.3 is 15.4 Å². The fraction of sp³-hybridized carbons (Fsp3) is 0.438. The van der Waals surface area contributed by atoms with E-state index in [0.29, 0.717) is 15.8 Å². The Hall–Kier alpha value is -1.21. The summed E-state index contributed by atoms with van der Waals surface area (Å²) in [5.74, 6) is -0.444. The minimum absolute atomic E-state index is 0. The van der Waals surface area contributed by atoms with Crippen molar-refractivity contribution in [2.45, 2.75) is 25.5 Å². The van der Waals surface area contributed by atoms with Gasteiger partial charge in [-0.05, 0) is 31.5 Å². The van der Waals surface area contributed by atoms with Gasteiger partial charge in [-0.3, -0.25) is 4.79 Å². The minimum atomic E-state index is -0.306. The number of fused-ring (bicyclic) bond motifs is 1. The van der Waals surface area contributed by atoms with E-state index in [9.17, 15) is 9.18 Å². The van der Waals surface area contributed by atoms with Crippen LogP contribution in [0.5, 0.6) is 0 Å². The fourth-order valence-electron chi connectivity index (χ4n) is 2.86. The molecular weight excluding hydrogens is 339 g/mol. The van der Waals surface area contributed by atoms with Crippen molar-refractivity contribution in [3.8, 4) is 0 Å². The Labute approximate surface area is 144 Å². The highest BCUT2D eigenvalue weighted by Gasteiger charge is 2.23. The van der Waals surface area contributed by atoms with E-state index in [0.717, 1.165) is 30.6 Å². The average Bonchev–Trinajstić information content (AvgIpc) is 2.89. The molecule has 2 aromatic rings. The number of halogens is 2. The summed E-state index contributed by atoms with van der Waals surface area (Å²) < 4.78 is 20.1. The summed E-state index contributed by atoms with van der Waals surface area (Å²) >= 11 is 1.32. The molecule has 0 saturated carbocycles. The summed E-state index contributed by atoms with van der Waals surface area (Å²) in [6, 6.07) is 5.05. The van der Waals surface area contributed by atoms with Crippen LogP contribution in [0, 0.1) is 5.82 Å². The zero-order valence-corrected chi connectivity index (χ0v) is 14.5. The van der Waals surface area contributed by atoms with Crippen LogP contribution in [0.25, 0.3) is 10.1 Å². The summed E-state index contributed by atoms with van der Waals surface area (Å²) in [5.41, 5.74) is 0.641. The van der Waals surface area contributed by atoms with Crippen molar-refractivity contribution < 1.29 is 13.9 Å². The highest BCUT2D eigenvalue weighted by molar-refractivity contribution is 7.21. The van der Waals surface area contributed by atoms with Gasteiger partial charge in [0.1, 0.15) is 5.82 Å². The van der Waals surface area contributed by atoms with E-state index in [2.05, 4.69) is 10.6 Å². The Balaban J connectivity index is 0.00000192. The molecule has 0 bridgehead atoms. The number of amides is 1. The lowest BCUT2D eigenvalue weighted by atomic mass is 10.1. The molecule has 4 nitrogen and oxygen atoms in total. The van der Waals surface area contributed by atoms with Gasteiger partial charge in [-0.15, -0.1) is 23.7 Å². The van der Waals surface area contributed by atoms with Gasteiger partial charge in [0.2, 0.25) is 0 Å². The van der Waals surface area contributed by atoms with Crippen LogP contribution >= 0.6 is 23.7 Å². The summed E-state index contributed by atoms with van der Waals surface area (Å²) in [6.07, 6.45) is 2.02. The Bertz CT molecular complexity index is 686. The highest BCUT2D eigenvalue weighted by atomic mass is 35.5. The molecule has 0 radical (unpaired) electrons. The number of methoxy groups -OCH3 is 1. The quantitative estimate of drug-likeness (QED) is 0.883. The smallest absolute Gasteiger partial charge is 0.262 e. The molecule has 1 aromatic heterocycles. The molecule has 2 heterocycles. The Morgan fingerprint density at radius 2 is 2.35 bits per heavy atom. The third-order valence-corrected chi connectivity index (χ3v) is 5.09. The van der Waals surface area contributed by atoms with Crippen molar-refractivity contribution in [2.75, 3.05) is 20.2 Å². The number of piperidine rings is 1. The lowest BCUT2D eigenvalue weighted by Gasteiger charge is -2.23. The molecule has 23 heavy (non-hydrogen) atoms. The first-order valence-corrected chi connectivity index (χ1v) is 8.22. The van der Waals surface area contributed by atoms with Gasteiger partial charge >= 0.3 is 0 Å². The normalized spacial score (nSPS) is 17.7. The molecule has 1 fully saturated rings.